The number of hydrogen-bond acceptors (Lipinski definition) is 4. The smallest absolute Gasteiger partial charge is 0.316 e. The zero-order valence-electron chi connectivity index (χ0n) is 5.79. The van der Waals surface area contributed by atoms with Gasteiger partial charge in [-0.25, -0.2) is 0 Å². The lowest BCUT2D eigenvalue weighted by atomic mass is 10.6. The van der Waals surface area contributed by atoms with Gasteiger partial charge in [0.25, 0.3) is 0 Å². The highest BCUT2D eigenvalue weighted by Gasteiger charge is 1.94. The van der Waals surface area contributed by atoms with Crippen LogP contribution >= 0.6 is 0 Å². The minimum Gasteiger partial charge on any atom is -0.493 e. The molecule has 1 heterocycles. The summed E-state index contributed by atoms with van der Waals surface area (Å²) in [6.45, 7) is 0. The van der Waals surface area contributed by atoms with Crippen LogP contribution < -0.4 is 9.47 Å². The largest absolute Gasteiger partial charge is 0.493 e. The molecule has 0 amide bonds. The first-order valence-corrected chi connectivity index (χ1v) is 2.69. The lowest BCUT2D eigenvalue weighted by Crippen LogP contribution is -1.92. The predicted molar refractivity (Wildman–Crippen MR) is 34.0 cm³/mol. The predicted octanol–water partition coefficient (Wildman–Crippen LogP) is 0.294. The Bertz CT molecular complexity index is 174. The lowest BCUT2D eigenvalue weighted by molar-refractivity contribution is 0.368. The summed E-state index contributed by atoms with van der Waals surface area (Å²) in [7, 11) is 3.03. The lowest BCUT2D eigenvalue weighted by Gasteiger charge is -1.97. The quantitative estimate of drug-likeness (QED) is 0.590. The maximum atomic E-state index is 4.78. The molecule has 0 spiro atoms. The van der Waals surface area contributed by atoms with Crippen molar-refractivity contribution in [3.05, 3.63) is 12.4 Å². The van der Waals surface area contributed by atoms with Crippen molar-refractivity contribution in [2.75, 3.05) is 14.2 Å². The third-order valence-corrected chi connectivity index (χ3v) is 0.956. The molecular weight excluding hydrogens is 132 g/mol. The van der Waals surface area contributed by atoms with Crippen LogP contribution in [0.25, 0.3) is 0 Å². The highest BCUT2D eigenvalue weighted by molar-refractivity contribution is 5.11. The fourth-order valence-electron chi connectivity index (χ4n) is 0.471. The van der Waals surface area contributed by atoms with Gasteiger partial charge in [-0.2, -0.15) is 9.97 Å². The average Bonchev–Trinajstić information content (AvgIpc) is 2.05. The molecule has 53 valence electrons. The van der Waals surface area contributed by atoms with Crippen LogP contribution in [0.4, 0.5) is 0 Å². The van der Waals surface area contributed by atoms with Crippen molar-refractivity contribution < 1.29 is 9.47 Å². The summed E-state index contributed by atoms with van der Waals surface area (Å²) in [6, 6.07) is 0.292. The van der Waals surface area contributed by atoms with Gasteiger partial charge in [-0.3, -0.25) is 0 Å². The highest BCUT2D eigenvalue weighted by Crippen LogP contribution is 2.06. The van der Waals surface area contributed by atoms with Crippen LogP contribution in [0.15, 0.2) is 6.20 Å². The molecule has 0 aliphatic heterocycles. The van der Waals surface area contributed by atoms with Gasteiger partial charge in [0.2, 0.25) is 0 Å². The monoisotopic (exact) mass is 139 g/mol. The first kappa shape index (κ1) is 6.80. The molecule has 0 aromatic carbocycles. The van der Waals surface area contributed by atoms with Crippen molar-refractivity contribution in [3.8, 4) is 11.8 Å². The Kier molecular flexibility index (Phi) is 2.04. The summed E-state index contributed by atoms with van der Waals surface area (Å²) in [6.07, 6.45) is 4.07. The van der Waals surface area contributed by atoms with Crippen LogP contribution in [0.3, 0.4) is 0 Å². The molecule has 4 heteroatoms. The van der Waals surface area contributed by atoms with Gasteiger partial charge in [0.05, 0.1) is 20.4 Å². The van der Waals surface area contributed by atoms with Gasteiger partial charge in [0.15, 0.2) is 5.75 Å². The summed E-state index contributed by atoms with van der Waals surface area (Å²) in [5, 5.41) is 0. The van der Waals surface area contributed by atoms with Crippen molar-refractivity contribution in [1.29, 1.82) is 0 Å². The minimum absolute atomic E-state index is 0.292. The third kappa shape index (κ3) is 1.34. The van der Waals surface area contributed by atoms with E-state index in [9.17, 15) is 0 Å². The summed E-state index contributed by atoms with van der Waals surface area (Å²) < 4.78 is 9.48. The van der Waals surface area contributed by atoms with Gasteiger partial charge < -0.3 is 9.47 Å². The van der Waals surface area contributed by atoms with Crippen molar-refractivity contribution in [1.82, 2.24) is 9.97 Å². The molecule has 1 rings (SSSR count). The first-order valence-electron chi connectivity index (χ1n) is 2.69. The fraction of sp³-hybridized carbons (Fsp3) is 0.333. The van der Waals surface area contributed by atoms with Crippen LogP contribution in [0.2, 0.25) is 0 Å². The summed E-state index contributed by atoms with van der Waals surface area (Å²) >= 11 is 0. The molecular formula is C6H7N2O2. The van der Waals surface area contributed by atoms with Crippen LogP contribution in [-0.2, 0) is 0 Å². The van der Waals surface area contributed by atoms with E-state index in [1.54, 1.807) is 0 Å². The van der Waals surface area contributed by atoms with Crippen molar-refractivity contribution >= 4 is 0 Å². The molecule has 0 bridgehead atoms. The molecule has 0 saturated heterocycles. The van der Waals surface area contributed by atoms with Crippen LogP contribution in [0.1, 0.15) is 0 Å². The van der Waals surface area contributed by atoms with E-state index >= 15 is 0 Å². The van der Waals surface area contributed by atoms with E-state index in [2.05, 4.69) is 16.2 Å². The molecule has 0 aliphatic rings. The molecule has 0 aliphatic carbocycles. The number of rotatable bonds is 2. The van der Waals surface area contributed by atoms with Crippen LogP contribution in [0, 0.1) is 6.20 Å². The third-order valence-electron chi connectivity index (χ3n) is 0.956. The molecule has 0 unspecified atom stereocenters. The molecule has 0 saturated carbocycles. The first-order chi connectivity index (χ1) is 4.86. The average molecular weight is 139 g/mol. The van der Waals surface area contributed by atoms with E-state index in [0.29, 0.717) is 11.8 Å². The topological polar surface area (TPSA) is 44.2 Å². The fourth-order valence-corrected chi connectivity index (χ4v) is 0.471. The van der Waals surface area contributed by atoms with E-state index in [1.807, 2.05) is 0 Å². The SMILES string of the molecule is COc1[c]nc(OC)nc1. The van der Waals surface area contributed by atoms with Gasteiger partial charge in [0, 0.05) is 0 Å². The van der Waals surface area contributed by atoms with Crippen LogP contribution in [0.5, 0.6) is 11.8 Å². The molecule has 4 nitrogen and oxygen atoms in total. The Balaban J connectivity index is 2.80. The second-order valence-corrected chi connectivity index (χ2v) is 1.54. The van der Waals surface area contributed by atoms with Crippen molar-refractivity contribution in [2.24, 2.45) is 0 Å². The van der Waals surface area contributed by atoms with Gasteiger partial charge >= 0.3 is 6.01 Å². The Morgan fingerprint density at radius 3 is 2.60 bits per heavy atom. The Hall–Kier alpha value is -1.32. The summed E-state index contributed by atoms with van der Waals surface area (Å²) in [5.41, 5.74) is 0. The molecule has 1 aromatic heterocycles. The van der Waals surface area contributed by atoms with E-state index in [-0.39, 0.29) is 0 Å². The van der Waals surface area contributed by atoms with E-state index in [4.69, 9.17) is 9.47 Å². The number of ether oxygens (including phenoxy) is 2. The van der Waals surface area contributed by atoms with E-state index < -0.39 is 0 Å². The Labute approximate surface area is 58.8 Å². The Morgan fingerprint density at radius 2 is 2.20 bits per heavy atom. The number of hydrogen-bond donors (Lipinski definition) is 0. The normalized spacial score (nSPS) is 9.00. The maximum Gasteiger partial charge on any atom is 0.316 e. The number of aromatic nitrogens is 2. The molecule has 10 heavy (non-hydrogen) atoms. The standard InChI is InChI=1S/C6H7N2O2/c1-9-5-3-7-6(10-2)8-4-5/h3H,1-2H3. The maximum absolute atomic E-state index is 4.78. The van der Waals surface area contributed by atoms with Gasteiger partial charge in [-0.1, -0.05) is 0 Å². The van der Waals surface area contributed by atoms with Gasteiger partial charge in [-0.05, 0) is 0 Å². The van der Waals surface area contributed by atoms with E-state index in [0.717, 1.165) is 0 Å². The number of methoxy groups -OCH3 is 2. The second-order valence-electron chi connectivity index (χ2n) is 1.54. The van der Waals surface area contributed by atoms with E-state index in [1.165, 1.54) is 20.4 Å². The van der Waals surface area contributed by atoms with Crippen molar-refractivity contribution in [2.45, 2.75) is 0 Å². The zero-order chi connectivity index (χ0) is 7.40. The molecule has 0 N–H and O–H groups in total. The van der Waals surface area contributed by atoms with Gasteiger partial charge in [-0.15, -0.1) is 0 Å². The second kappa shape index (κ2) is 3.00. The summed E-state index contributed by atoms with van der Waals surface area (Å²) in [5.74, 6) is 0.501. The van der Waals surface area contributed by atoms with Crippen molar-refractivity contribution in [3.63, 3.8) is 0 Å². The molecule has 1 aromatic rings. The van der Waals surface area contributed by atoms with Gasteiger partial charge in [0.1, 0.15) is 6.20 Å². The van der Waals surface area contributed by atoms with Crippen LogP contribution in [-0.4, -0.2) is 24.2 Å². The highest BCUT2D eigenvalue weighted by atomic mass is 16.5. The summed E-state index contributed by atoms with van der Waals surface area (Å²) in [4.78, 5) is 7.46. The molecule has 0 atom stereocenters. The molecule has 1 radical (unpaired) electrons. The minimum atomic E-state index is 0.292. The molecule has 0 fully saturated rings. The Morgan fingerprint density at radius 1 is 1.40 bits per heavy atom. The number of nitrogens with zero attached hydrogens (tertiary/aromatic N) is 2. The zero-order valence-corrected chi connectivity index (χ0v) is 5.79.